The number of hydrazone groups is 1. The molecule has 3 aliphatic carbocycles. The first-order chi connectivity index (χ1) is 16.5. The molecule has 0 aromatic heterocycles. The largest absolute Gasteiger partial charge is 0.490 e. The van der Waals surface area contributed by atoms with Crippen molar-refractivity contribution in [3.05, 3.63) is 70.8 Å². The van der Waals surface area contributed by atoms with Crippen molar-refractivity contribution in [1.29, 1.82) is 0 Å². The summed E-state index contributed by atoms with van der Waals surface area (Å²) >= 11 is 5.95. The molecule has 7 heteroatoms. The highest BCUT2D eigenvalue weighted by atomic mass is 35.5. The Bertz CT molecular complexity index is 1180. The first kappa shape index (κ1) is 21.4. The van der Waals surface area contributed by atoms with Crippen molar-refractivity contribution >= 4 is 29.6 Å². The van der Waals surface area contributed by atoms with Gasteiger partial charge in [-0.2, -0.15) is 10.1 Å². The molecule has 2 saturated carbocycles. The summed E-state index contributed by atoms with van der Waals surface area (Å²) in [6.07, 6.45) is 8.12. The normalized spacial score (nSPS) is 27.8. The van der Waals surface area contributed by atoms with Crippen molar-refractivity contribution in [2.75, 3.05) is 6.61 Å². The van der Waals surface area contributed by atoms with Crippen molar-refractivity contribution in [3.63, 3.8) is 0 Å². The zero-order valence-corrected chi connectivity index (χ0v) is 19.6. The number of carbonyl (C=O) groups is 2. The minimum Gasteiger partial charge on any atom is -0.490 e. The Hall–Kier alpha value is -3.12. The second-order valence-corrected chi connectivity index (χ2v) is 9.94. The lowest BCUT2D eigenvalue weighted by Crippen LogP contribution is -2.30. The van der Waals surface area contributed by atoms with Gasteiger partial charge in [-0.1, -0.05) is 35.9 Å². The van der Waals surface area contributed by atoms with Crippen LogP contribution < -0.4 is 9.47 Å². The molecule has 1 aliphatic heterocycles. The molecule has 2 aromatic rings. The van der Waals surface area contributed by atoms with Crippen molar-refractivity contribution in [3.8, 4) is 11.5 Å². The number of allylic oxidation sites excluding steroid dienone is 2. The summed E-state index contributed by atoms with van der Waals surface area (Å²) in [6.45, 7) is 2.75. The number of rotatable bonds is 7. The molecule has 0 N–H and O–H groups in total. The Balaban J connectivity index is 1.18. The molecule has 3 fully saturated rings. The van der Waals surface area contributed by atoms with Gasteiger partial charge in [-0.05, 0) is 78.5 Å². The van der Waals surface area contributed by atoms with Gasteiger partial charge in [-0.3, -0.25) is 9.59 Å². The number of hydrogen-bond acceptors (Lipinski definition) is 5. The summed E-state index contributed by atoms with van der Waals surface area (Å²) in [7, 11) is 0. The van der Waals surface area contributed by atoms with Crippen LogP contribution in [-0.4, -0.2) is 29.6 Å². The number of benzene rings is 2. The number of amides is 2. The summed E-state index contributed by atoms with van der Waals surface area (Å²) in [5.74, 6) is 0.754. The molecule has 34 heavy (non-hydrogen) atoms. The summed E-state index contributed by atoms with van der Waals surface area (Å²) in [4.78, 5) is 26.2. The van der Waals surface area contributed by atoms with Crippen molar-refractivity contribution in [2.24, 2.45) is 34.2 Å². The fourth-order valence-electron chi connectivity index (χ4n) is 6.04. The molecule has 2 amide bonds. The maximum atomic E-state index is 13.1. The third kappa shape index (κ3) is 3.27. The van der Waals surface area contributed by atoms with Crippen molar-refractivity contribution in [2.45, 2.75) is 26.4 Å². The predicted octanol–water partition coefficient (Wildman–Crippen LogP) is 4.85. The first-order valence-electron chi connectivity index (χ1n) is 11.8. The van der Waals surface area contributed by atoms with Crippen molar-refractivity contribution < 1.29 is 19.1 Å². The van der Waals surface area contributed by atoms with Crippen LogP contribution in [0.1, 0.15) is 30.9 Å². The second kappa shape index (κ2) is 7.98. The first-order valence-corrected chi connectivity index (χ1v) is 12.1. The Kier molecular flexibility index (Phi) is 5.03. The van der Waals surface area contributed by atoms with Crippen LogP contribution in [0.4, 0.5) is 0 Å². The lowest BCUT2D eigenvalue weighted by molar-refractivity contribution is -0.141. The number of ether oxygens (including phenoxy) is 2. The lowest BCUT2D eigenvalue weighted by atomic mass is 9.85. The van der Waals surface area contributed by atoms with E-state index in [9.17, 15) is 9.59 Å². The Morgan fingerprint density at radius 1 is 1.00 bits per heavy atom. The van der Waals surface area contributed by atoms with Crippen LogP contribution in [0.25, 0.3) is 0 Å². The zero-order valence-electron chi connectivity index (χ0n) is 18.8. The summed E-state index contributed by atoms with van der Waals surface area (Å²) in [5, 5.41) is 6.07. The van der Waals surface area contributed by atoms with E-state index in [-0.39, 0.29) is 40.9 Å². The molecule has 6 rings (SSSR count). The minimum absolute atomic E-state index is 0.165. The summed E-state index contributed by atoms with van der Waals surface area (Å²) in [5.41, 5.74) is 1.90. The predicted molar refractivity (Wildman–Crippen MR) is 128 cm³/mol. The van der Waals surface area contributed by atoms with Gasteiger partial charge in [-0.25, -0.2) is 0 Å². The molecule has 2 bridgehead atoms. The highest BCUT2D eigenvalue weighted by Gasteiger charge is 2.73. The molecule has 0 radical (unpaired) electrons. The molecule has 1 spiro atoms. The molecule has 4 aliphatic rings. The fourth-order valence-corrected chi connectivity index (χ4v) is 6.16. The lowest BCUT2D eigenvalue weighted by Gasteiger charge is -2.18. The quantitative estimate of drug-likeness (QED) is 0.325. The van der Waals surface area contributed by atoms with Crippen LogP contribution in [0, 0.1) is 29.1 Å². The van der Waals surface area contributed by atoms with E-state index in [0.717, 1.165) is 29.0 Å². The van der Waals surface area contributed by atoms with E-state index in [2.05, 4.69) is 17.3 Å². The average molecular weight is 477 g/mol. The number of carbonyl (C=O) groups excluding carboxylic acids is 2. The fraction of sp³-hybridized carbons (Fsp3) is 0.370. The van der Waals surface area contributed by atoms with Crippen LogP contribution in [-0.2, 0) is 16.2 Å². The van der Waals surface area contributed by atoms with E-state index in [1.54, 1.807) is 12.3 Å². The number of fused-ring (bicyclic) bond motifs is 3. The Labute approximate surface area is 203 Å². The van der Waals surface area contributed by atoms with Crippen LogP contribution in [0.2, 0.25) is 5.02 Å². The molecule has 1 saturated heterocycles. The van der Waals surface area contributed by atoms with E-state index in [1.165, 1.54) is 0 Å². The van der Waals surface area contributed by atoms with Crippen LogP contribution in [0.3, 0.4) is 0 Å². The van der Waals surface area contributed by atoms with E-state index in [1.807, 2.05) is 43.3 Å². The smallest absolute Gasteiger partial charge is 0.254 e. The zero-order chi connectivity index (χ0) is 23.4. The van der Waals surface area contributed by atoms with E-state index >= 15 is 0 Å². The summed E-state index contributed by atoms with van der Waals surface area (Å²) in [6, 6.07) is 12.9. The molecule has 1 heterocycles. The Morgan fingerprint density at radius 3 is 2.29 bits per heavy atom. The Morgan fingerprint density at radius 2 is 1.68 bits per heavy atom. The second-order valence-electron chi connectivity index (χ2n) is 9.51. The van der Waals surface area contributed by atoms with Crippen molar-refractivity contribution in [1.82, 2.24) is 5.01 Å². The van der Waals surface area contributed by atoms with E-state index < -0.39 is 0 Å². The number of halogens is 1. The van der Waals surface area contributed by atoms with Gasteiger partial charge in [0.25, 0.3) is 11.8 Å². The molecular formula is C27H25ClN2O4. The third-order valence-electron chi connectivity index (χ3n) is 7.73. The van der Waals surface area contributed by atoms with Gasteiger partial charge in [0.1, 0.15) is 6.61 Å². The van der Waals surface area contributed by atoms with Gasteiger partial charge in [0.05, 0.1) is 24.7 Å². The maximum absolute atomic E-state index is 13.1. The van der Waals surface area contributed by atoms with Crippen LogP contribution in [0.15, 0.2) is 59.7 Å². The van der Waals surface area contributed by atoms with Gasteiger partial charge in [0.15, 0.2) is 11.5 Å². The molecule has 2 aromatic carbocycles. The number of imide groups is 1. The van der Waals surface area contributed by atoms with Crippen LogP contribution >= 0.6 is 11.6 Å². The van der Waals surface area contributed by atoms with Gasteiger partial charge in [0, 0.05) is 5.02 Å². The van der Waals surface area contributed by atoms with E-state index in [0.29, 0.717) is 29.7 Å². The van der Waals surface area contributed by atoms with Gasteiger partial charge < -0.3 is 9.47 Å². The topological polar surface area (TPSA) is 68.2 Å². The highest BCUT2D eigenvalue weighted by Crippen LogP contribution is 2.73. The van der Waals surface area contributed by atoms with Gasteiger partial charge in [0.2, 0.25) is 0 Å². The minimum atomic E-state index is -0.246. The maximum Gasteiger partial charge on any atom is 0.254 e. The molecule has 0 unspecified atom stereocenters. The third-order valence-corrected chi connectivity index (χ3v) is 7.98. The molecule has 4 atom stereocenters. The number of hydrogen-bond donors (Lipinski definition) is 0. The standard InChI is InChI=1S/C27H25ClN2O4/c1-2-33-22-13-17(5-10-21(22)34-15-16-3-6-18(28)7-4-16)14-29-30-25(31)23-19-8-9-20(24(23)26(30)32)27(19)11-12-27/h3-10,13-14,19-20,23-24H,2,11-12,15H2,1H3/b29-14-/t19-,20-,23-,24+/m1/s1. The monoisotopic (exact) mass is 476 g/mol. The average Bonchev–Trinajstić information content (AvgIpc) is 3.44. The molecular weight excluding hydrogens is 452 g/mol. The molecule has 174 valence electrons. The van der Waals surface area contributed by atoms with Gasteiger partial charge in [-0.15, -0.1) is 0 Å². The SMILES string of the molecule is CCOc1cc(/C=N\N2C(=O)[C@@H]3[C@H](C2=O)[C@H]2C=C[C@H]3C23CC3)ccc1OCc1ccc(Cl)cc1. The van der Waals surface area contributed by atoms with Gasteiger partial charge >= 0.3 is 0 Å². The highest BCUT2D eigenvalue weighted by molar-refractivity contribution is 6.30. The number of nitrogens with zero attached hydrogens (tertiary/aromatic N) is 2. The summed E-state index contributed by atoms with van der Waals surface area (Å²) < 4.78 is 11.7. The van der Waals surface area contributed by atoms with Crippen LogP contribution in [0.5, 0.6) is 11.5 Å². The molecule has 6 nitrogen and oxygen atoms in total. The van der Waals surface area contributed by atoms with E-state index in [4.69, 9.17) is 21.1 Å².